The van der Waals surface area contributed by atoms with Crippen LogP contribution in [0.15, 0.2) is 47.1 Å². The predicted octanol–water partition coefficient (Wildman–Crippen LogP) is 2.01. The Morgan fingerprint density at radius 3 is 2.44 bits per heavy atom. The molecule has 0 amide bonds. The van der Waals surface area contributed by atoms with E-state index in [1.54, 1.807) is 6.08 Å². The smallest absolute Gasteiger partial charge is 0.232 e. The summed E-state index contributed by atoms with van der Waals surface area (Å²) in [5.41, 5.74) is 7.78. The lowest BCUT2D eigenvalue weighted by Gasteiger charge is -2.12. The van der Waals surface area contributed by atoms with Gasteiger partial charge in [-0.05, 0) is 25.7 Å². The van der Waals surface area contributed by atoms with Gasteiger partial charge in [-0.25, -0.2) is 0 Å². The Bertz CT molecular complexity index is 493. The van der Waals surface area contributed by atoms with E-state index in [1.165, 1.54) is 0 Å². The standard InChI is InChI=1S/C15H17NO2/c16-10-11-6-8-13(9-7-11)15(18)14(17)12-4-2-1-3-5-12/h2,4-6,9H,1,3,7-8,10,16H2. The van der Waals surface area contributed by atoms with E-state index in [0.717, 1.165) is 18.4 Å². The van der Waals surface area contributed by atoms with Gasteiger partial charge in [0.2, 0.25) is 11.6 Å². The molecule has 0 radical (unpaired) electrons. The molecule has 2 N–H and O–H groups in total. The maximum absolute atomic E-state index is 12.0. The lowest BCUT2D eigenvalue weighted by atomic mass is 9.91. The molecule has 0 spiro atoms. The molecule has 2 aliphatic rings. The predicted molar refractivity (Wildman–Crippen MR) is 70.9 cm³/mol. The van der Waals surface area contributed by atoms with Crippen molar-refractivity contribution in [2.45, 2.75) is 25.7 Å². The van der Waals surface area contributed by atoms with Crippen molar-refractivity contribution >= 4 is 11.6 Å². The molecular weight excluding hydrogens is 226 g/mol. The minimum Gasteiger partial charge on any atom is -0.327 e. The number of ketones is 2. The third-order valence-electron chi connectivity index (χ3n) is 3.24. The van der Waals surface area contributed by atoms with Crippen LogP contribution >= 0.6 is 0 Å². The van der Waals surface area contributed by atoms with E-state index in [-0.39, 0.29) is 11.6 Å². The Morgan fingerprint density at radius 1 is 1.06 bits per heavy atom. The van der Waals surface area contributed by atoms with Gasteiger partial charge in [0.15, 0.2) is 0 Å². The number of rotatable bonds is 4. The molecule has 0 atom stereocenters. The maximum Gasteiger partial charge on any atom is 0.232 e. The Kier molecular flexibility index (Phi) is 4.05. The van der Waals surface area contributed by atoms with Gasteiger partial charge in [-0.15, -0.1) is 0 Å². The summed E-state index contributed by atoms with van der Waals surface area (Å²) in [5.74, 6) is -0.762. The highest BCUT2D eigenvalue weighted by Crippen LogP contribution is 2.20. The second kappa shape index (κ2) is 5.74. The van der Waals surface area contributed by atoms with Gasteiger partial charge in [-0.1, -0.05) is 36.0 Å². The second-order valence-electron chi connectivity index (χ2n) is 4.50. The fourth-order valence-corrected chi connectivity index (χ4v) is 2.09. The van der Waals surface area contributed by atoms with Crippen LogP contribution in [0.4, 0.5) is 0 Å². The Labute approximate surface area is 107 Å². The SMILES string of the molecule is NCC1=CCC(C(=O)C(=O)C2=CCCC=C2)=CC1. The number of Topliss-reactive ketones (excluding diaryl/α,β-unsaturated/α-hetero) is 2. The van der Waals surface area contributed by atoms with Crippen molar-refractivity contribution in [3.8, 4) is 0 Å². The lowest BCUT2D eigenvalue weighted by Crippen LogP contribution is -2.19. The van der Waals surface area contributed by atoms with Crippen molar-refractivity contribution in [2.24, 2.45) is 5.73 Å². The number of carbonyl (C=O) groups excluding carboxylic acids is 2. The molecule has 0 fully saturated rings. The number of hydrogen-bond acceptors (Lipinski definition) is 3. The summed E-state index contributed by atoms with van der Waals surface area (Å²) in [6, 6.07) is 0. The summed E-state index contributed by atoms with van der Waals surface area (Å²) in [5, 5.41) is 0. The minimum atomic E-state index is -0.387. The van der Waals surface area contributed by atoms with Gasteiger partial charge in [0.1, 0.15) is 0 Å². The molecule has 0 saturated carbocycles. The zero-order valence-corrected chi connectivity index (χ0v) is 10.3. The zero-order chi connectivity index (χ0) is 13.0. The number of carbonyl (C=O) groups is 2. The minimum absolute atomic E-state index is 0.375. The van der Waals surface area contributed by atoms with Crippen LogP contribution in [0.3, 0.4) is 0 Å². The number of hydrogen-bond donors (Lipinski definition) is 1. The summed E-state index contributed by atoms with van der Waals surface area (Å²) < 4.78 is 0. The van der Waals surface area contributed by atoms with Crippen molar-refractivity contribution in [3.63, 3.8) is 0 Å². The van der Waals surface area contributed by atoms with Crippen LogP contribution in [-0.4, -0.2) is 18.1 Å². The first kappa shape index (κ1) is 12.7. The van der Waals surface area contributed by atoms with Crippen LogP contribution in [-0.2, 0) is 9.59 Å². The summed E-state index contributed by atoms with van der Waals surface area (Å²) in [6.07, 6.45) is 12.3. The molecule has 0 aromatic heterocycles. The highest BCUT2D eigenvalue weighted by Gasteiger charge is 2.22. The molecule has 0 aliphatic heterocycles. The third-order valence-corrected chi connectivity index (χ3v) is 3.24. The van der Waals surface area contributed by atoms with E-state index < -0.39 is 0 Å². The van der Waals surface area contributed by atoms with Gasteiger partial charge >= 0.3 is 0 Å². The van der Waals surface area contributed by atoms with Crippen LogP contribution in [0, 0.1) is 0 Å². The lowest BCUT2D eigenvalue weighted by molar-refractivity contribution is -0.132. The molecule has 0 aromatic carbocycles. The average Bonchev–Trinajstić information content (AvgIpc) is 2.47. The molecule has 18 heavy (non-hydrogen) atoms. The molecule has 0 saturated heterocycles. The summed E-state index contributed by atoms with van der Waals surface area (Å²) in [4.78, 5) is 24.0. The quantitative estimate of drug-likeness (QED) is 0.607. The first-order chi connectivity index (χ1) is 8.72. The summed E-state index contributed by atoms with van der Waals surface area (Å²) in [6.45, 7) is 0.514. The van der Waals surface area contributed by atoms with Gasteiger partial charge in [0.05, 0.1) is 0 Å². The van der Waals surface area contributed by atoms with E-state index in [0.29, 0.717) is 30.5 Å². The van der Waals surface area contributed by atoms with Crippen LogP contribution in [0.25, 0.3) is 0 Å². The van der Waals surface area contributed by atoms with E-state index in [9.17, 15) is 9.59 Å². The summed E-state index contributed by atoms with van der Waals surface area (Å²) >= 11 is 0. The first-order valence-corrected chi connectivity index (χ1v) is 6.25. The van der Waals surface area contributed by atoms with Crippen LogP contribution < -0.4 is 5.73 Å². The molecule has 0 heterocycles. The summed E-state index contributed by atoms with van der Waals surface area (Å²) in [7, 11) is 0. The van der Waals surface area contributed by atoms with E-state index in [1.807, 2.05) is 24.3 Å². The molecule has 94 valence electrons. The zero-order valence-electron chi connectivity index (χ0n) is 10.3. The van der Waals surface area contributed by atoms with Crippen molar-refractivity contribution in [2.75, 3.05) is 6.54 Å². The normalized spacial score (nSPS) is 18.8. The fraction of sp³-hybridized carbons (Fsp3) is 0.333. The van der Waals surface area contributed by atoms with Gasteiger partial charge in [-0.2, -0.15) is 0 Å². The average molecular weight is 243 g/mol. The van der Waals surface area contributed by atoms with E-state index in [4.69, 9.17) is 5.73 Å². The third kappa shape index (κ3) is 2.74. The Balaban J connectivity index is 2.05. The van der Waals surface area contributed by atoms with Crippen LogP contribution in [0.2, 0.25) is 0 Å². The molecular formula is C15H17NO2. The van der Waals surface area contributed by atoms with Crippen molar-refractivity contribution in [3.05, 3.63) is 47.1 Å². The molecule has 0 aromatic rings. The molecule has 2 aliphatic carbocycles. The second-order valence-corrected chi connectivity index (χ2v) is 4.50. The van der Waals surface area contributed by atoms with Crippen molar-refractivity contribution < 1.29 is 9.59 Å². The van der Waals surface area contributed by atoms with Gasteiger partial charge < -0.3 is 5.73 Å². The number of nitrogens with two attached hydrogens (primary N) is 1. The molecule has 2 rings (SSSR count). The monoisotopic (exact) mass is 243 g/mol. The topological polar surface area (TPSA) is 60.2 Å². The van der Waals surface area contributed by atoms with E-state index >= 15 is 0 Å². The number of allylic oxidation sites excluding steroid dienone is 7. The first-order valence-electron chi connectivity index (χ1n) is 6.25. The molecule has 0 unspecified atom stereocenters. The maximum atomic E-state index is 12.0. The Morgan fingerprint density at radius 2 is 1.89 bits per heavy atom. The molecule has 0 bridgehead atoms. The van der Waals surface area contributed by atoms with Gasteiger partial charge in [0, 0.05) is 17.7 Å². The molecule has 3 nitrogen and oxygen atoms in total. The van der Waals surface area contributed by atoms with Crippen molar-refractivity contribution in [1.29, 1.82) is 0 Å². The highest BCUT2D eigenvalue weighted by molar-refractivity contribution is 6.49. The van der Waals surface area contributed by atoms with Gasteiger partial charge in [0.25, 0.3) is 0 Å². The van der Waals surface area contributed by atoms with Crippen LogP contribution in [0.1, 0.15) is 25.7 Å². The molecule has 3 heteroatoms. The highest BCUT2D eigenvalue weighted by atomic mass is 16.2. The largest absolute Gasteiger partial charge is 0.327 e. The fourth-order valence-electron chi connectivity index (χ4n) is 2.09. The van der Waals surface area contributed by atoms with Crippen LogP contribution in [0.5, 0.6) is 0 Å². The van der Waals surface area contributed by atoms with E-state index in [2.05, 4.69) is 0 Å². The Hall–Kier alpha value is -1.74. The van der Waals surface area contributed by atoms with Gasteiger partial charge in [-0.3, -0.25) is 9.59 Å². The van der Waals surface area contributed by atoms with Crippen molar-refractivity contribution in [1.82, 2.24) is 0 Å².